The molecule has 0 atom stereocenters. The first-order valence-corrected chi connectivity index (χ1v) is 8.17. The summed E-state index contributed by atoms with van der Waals surface area (Å²) < 4.78 is 5.80. The molecule has 0 radical (unpaired) electrons. The lowest BCUT2D eigenvalue weighted by molar-refractivity contribution is 0.423. The van der Waals surface area contributed by atoms with Gasteiger partial charge in [-0.15, -0.1) is 0 Å². The van der Waals surface area contributed by atoms with Crippen LogP contribution in [0.3, 0.4) is 0 Å². The van der Waals surface area contributed by atoms with Crippen molar-refractivity contribution in [3.05, 3.63) is 53.6 Å². The quantitative estimate of drug-likeness (QED) is 0.416. The van der Waals surface area contributed by atoms with Gasteiger partial charge in [-0.2, -0.15) is 0 Å². The molecule has 0 spiro atoms. The molecule has 3 heteroatoms. The van der Waals surface area contributed by atoms with Crippen molar-refractivity contribution in [1.29, 1.82) is 0 Å². The second-order valence-corrected chi connectivity index (χ2v) is 6.60. The predicted molar refractivity (Wildman–Crippen MR) is 101 cm³/mol. The van der Waals surface area contributed by atoms with E-state index < -0.39 is 0 Å². The Bertz CT molecular complexity index is 1160. The fraction of sp³-hybridized carbons (Fsp3) is 0.143. The first kappa shape index (κ1) is 13.5. The summed E-state index contributed by atoms with van der Waals surface area (Å²) in [4.78, 5) is 7.06. The van der Waals surface area contributed by atoms with Crippen molar-refractivity contribution < 1.29 is 4.74 Å². The predicted octanol–water partition coefficient (Wildman–Crippen LogP) is 5.58. The van der Waals surface area contributed by atoms with Gasteiger partial charge < -0.3 is 14.7 Å². The van der Waals surface area contributed by atoms with Gasteiger partial charge in [-0.05, 0) is 44.2 Å². The topological polar surface area (TPSA) is 40.8 Å². The number of ether oxygens (including phenoxy) is 1. The summed E-state index contributed by atoms with van der Waals surface area (Å²) in [5, 5.41) is 4.90. The lowest BCUT2D eigenvalue weighted by Crippen LogP contribution is -1.86. The molecule has 0 fully saturated rings. The van der Waals surface area contributed by atoms with E-state index in [-0.39, 0.29) is 0 Å². The van der Waals surface area contributed by atoms with Crippen LogP contribution < -0.4 is 4.74 Å². The van der Waals surface area contributed by atoms with Gasteiger partial charge in [0.15, 0.2) is 5.75 Å². The fourth-order valence-electron chi connectivity index (χ4n) is 3.78. The van der Waals surface area contributed by atoms with Crippen LogP contribution in [-0.2, 0) is 0 Å². The van der Waals surface area contributed by atoms with E-state index in [1.165, 1.54) is 32.7 Å². The molecule has 0 saturated carbocycles. The van der Waals surface area contributed by atoms with Crippen LogP contribution in [0.25, 0.3) is 43.6 Å². The Balaban J connectivity index is 2.06. The molecular weight excluding hydrogens is 296 g/mol. The molecule has 2 heterocycles. The number of hydrogen-bond acceptors (Lipinski definition) is 1. The Morgan fingerprint density at radius 1 is 0.667 bits per heavy atom. The molecular formula is C21H18N2O. The molecule has 3 aromatic carbocycles. The monoisotopic (exact) mass is 314 g/mol. The summed E-state index contributed by atoms with van der Waals surface area (Å²) in [5.41, 5.74) is 6.90. The molecule has 118 valence electrons. The van der Waals surface area contributed by atoms with E-state index in [0.717, 1.165) is 27.8 Å². The number of benzene rings is 3. The SMILES string of the molecule is COc1c2[nH]c3ccc(C)cc3c2cc2c1[nH]c1ccc(C)cc12. The van der Waals surface area contributed by atoms with Gasteiger partial charge >= 0.3 is 0 Å². The average molecular weight is 314 g/mol. The van der Waals surface area contributed by atoms with Gasteiger partial charge in [-0.25, -0.2) is 0 Å². The number of aryl methyl sites for hydroxylation is 2. The number of nitrogens with one attached hydrogen (secondary N) is 2. The number of H-pyrrole nitrogens is 2. The lowest BCUT2D eigenvalue weighted by Gasteiger charge is -2.04. The number of methoxy groups -OCH3 is 1. The van der Waals surface area contributed by atoms with Crippen molar-refractivity contribution in [3.8, 4) is 5.75 Å². The summed E-state index contributed by atoms with van der Waals surface area (Å²) in [6.07, 6.45) is 0. The Hall–Kier alpha value is -2.94. The van der Waals surface area contributed by atoms with Gasteiger partial charge in [-0.3, -0.25) is 0 Å². The zero-order valence-corrected chi connectivity index (χ0v) is 13.9. The Kier molecular flexibility index (Phi) is 2.55. The van der Waals surface area contributed by atoms with E-state index in [1.54, 1.807) is 7.11 Å². The van der Waals surface area contributed by atoms with E-state index in [4.69, 9.17) is 4.74 Å². The summed E-state index contributed by atoms with van der Waals surface area (Å²) in [6, 6.07) is 15.3. The van der Waals surface area contributed by atoms with Crippen LogP contribution in [0.2, 0.25) is 0 Å². The van der Waals surface area contributed by atoms with Crippen LogP contribution in [0.15, 0.2) is 42.5 Å². The zero-order chi connectivity index (χ0) is 16.4. The Morgan fingerprint density at radius 2 is 1.17 bits per heavy atom. The highest BCUT2D eigenvalue weighted by atomic mass is 16.5. The van der Waals surface area contributed by atoms with Crippen molar-refractivity contribution in [2.75, 3.05) is 7.11 Å². The summed E-state index contributed by atoms with van der Waals surface area (Å²) in [7, 11) is 1.74. The molecule has 2 N–H and O–H groups in total. The fourth-order valence-corrected chi connectivity index (χ4v) is 3.78. The highest BCUT2D eigenvalue weighted by molar-refractivity contribution is 6.20. The van der Waals surface area contributed by atoms with E-state index in [9.17, 15) is 0 Å². The van der Waals surface area contributed by atoms with Gasteiger partial charge in [0, 0.05) is 32.6 Å². The Labute approximate surface area is 139 Å². The highest BCUT2D eigenvalue weighted by Crippen LogP contribution is 2.40. The molecule has 5 rings (SSSR count). The van der Waals surface area contributed by atoms with E-state index in [0.29, 0.717) is 0 Å². The van der Waals surface area contributed by atoms with Crippen LogP contribution in [0.5, 0.6) is 5.75 Å². The molecule has 0 aliphatic heterocycles. The minimum absolute atomic E-state index is 0.880. The number of aromatic nitrogens is 2. The number of rotatable bonds is 1. The van der Waals surface area contributed by atoms with Crippen molar-refractivity contribution in [1.82, 2.24) is 9.97 Å². The van der Waals surface area contributed by atoms with Crippen LogP contribution >= 0.6 is 0 Å². The number of aromatic amines is 2. The molecule has 0 aliphatic carbocycles. The molecule has 0 amide bonds. The maximum absolute atomic E-state index is 5.80. The zero-order valence-electron chi connectivity index (χ0n) is 13.9. The van der Waals surface area contributed by atoms with Gasteiger partial charge in [0.1, 0.15) is 0 Å². The molecule has 0 unspecified atom stereocenters. The molecule has 0 bridgehead atoms. The largest absolute Gasteiger partial charge is 0.492 e. The summed E-state index contributed by atoms with van der Waals surface area (Å²) in [5.74, 6) is 0.880. The third-order valence-corrected chi connectivity index (χ3v) is 4.94. The molecule has 2 aromatic heterocycles. The van der Waals surface area contributed by atoms with Gasteiger partial charge in [0.2, 0.25) is 0 Å². The van der Waals surface area contributed by atoms with E-state index in [2.05, 4.69) is 66.3 Å². The lowest BCUT2D eigenvalue weighted by atomic mass is 10.1. The molecule has 5 aromatic rings. The summed E-state index contributed by atoms with van der Waals surface area (Å²) in [6.45, 7) is 4.26. The van der Waals surface area contributed by atoms with Crippen LogP contribution in [0, 0.1) is 13.8 Å². The van der Waals surface area contributed by atoms with Crippen LogP contribution in [0.4, 0.5) is 0 Å². The maximum atomic E-state index is 5.80. The van der Waals surface area contributed by atoms with Gasteiger partial charge in [0.05, 0.1) is 18.1 Å². The minimum atomic E-state index is 0.880. The third kappa shape index (κ3) is 1.67. The normalized spacial score (nSPS) is 12.0. The van der Waals surface area contributed by atoms with Crippen LogP contribution in [0.1, 0.15) is 11.1 Å². The van der Waals surface area contributed by atoms with Crippen molar-refractivity contribution in [2.24, 2.45) is 0 Å². The number of fused-ring (bicyclic) bond motifs is 6. The van der Waals surface area contributed by atoms with E-state index in [1.807, 2.05) is 0 Å². The van der Waals surface area contributed by atoms with Gasteiger partial charge in [0.25, 0.3) is 0 Å². The van der Waals surface area contributed by atoms with Crippen molar-refractivity contribution in [2.45, 2.75) is 13.8 Å². The summed E-state index contributed by atoms with van der Waals surface area (Å²) >= 11 is 0. The van der Waals surface area contributed by atoms with Crippen molar-refractivity contribution in [3.63, 3.8) is 0 Å². The standard InChI is InChI=1S/C21H18N2O/c1-11-4-6-17-13(8-11)15-10-16-14-9-12(2)5-7-18(14)23-20(16)21(24-3)19(15)22-17/h4-10,22-23H,1-3H3. The molecule has 3 nitrogen and oxygen atoms in total. The van der Waals surface area contributed by atoms with Crippen molar-refractivity contribution >= 4 is 43.6 Å². The highest BCUT2D eigenvalue weighted by Gasteiger charge is 2.16. The minimum Gasteiger partial charge on any atom is -0.492 e. The average Bonchev–Trinajstić information content (AvgIpc) is 3.10. The van der Waals surface area contributed by atoms with E-state index >= 15 is 0 Å². The second kappa shape index (κ2) is 4.54. The molecule has 0 saturated heterocycles. The molecule has 0 aliphatic rings. The van der Waals surface area contributed by atoms with Crippen LogP contribution in [-0.4, -0.2) is 17.1 Å². The first-order chi connectivity index (χ1) is 11.7. The number of hydrogen-bond donors (Lipinski definition) is 2. The maximum Gasteiger partial charge on any atom is 0.166 e. The molecule has 24 heavy (non-hydrogen) atoms. The van der Waals surface area contributed by atoms with Gasteiger partial charge in [-0.1, -0.05) is 23.3 Å². The Morgan fingerprint density at radius 3 is 1.62 bits per heavy atom. The third-order valence-electron chi connectivity index (χ3n) is 4.94. The first-order valence-electron chi connectivity index (χ1n) is 8.17. The smallest absolute Gasteiger partial charge is 0.166 e. The second-order valence-electron chi connectivity index (χ2n) is 6.60.